The van der Waals surface area contributed by atoms with Crippen LogP contribution in [0.25, 0.3) is 0 Å². The second-order valence-electron chi connectivity index (χ2n) is 3.92. The average Bonchev–Trinajstić information content (AvgIpc) is 2.82. The molecule has 0 aliphatic heterocycles. The number of aromatic nitrogens is 2. The molecule has 3 N–H and O–H groups in total. The molecule has 0 fully saturated rings. The number of anilines is 2. The van der Waals surface area contributed by atoms with Crippen LogP contribution in [0, 0.1) is 6.92 Å². The summed E-state index contributed by atoms with van der Waals surface area (Å²) in [5.74, 6) is -0.722. The molecule has 1 aromatic carbocycles. The van der Waals surface area contributed by atoms with Crippen molar-refractivity contribution in [3.8, 4) is 5.75 Å². The second-order valence-corrected chi connectivity index (χ2v) is 5.10. The maximum atomic E-state index is 11.8. The highest BCUT2D eigenvalue weighted by Gasteiger charge is 2.07. The molecule has 2 aromatic rings. The van der Waals surface area contributed by atoms with Crippen LogP contribution < -0.4 is 15.4 Å². The molecule has 9 heteroatoms. The van der Waals surface area contributed by atoms with E-state index in [1.807, 2.05) is 0 Å². The molecule has 0 spiro atoms. The molecule has 2 amide bonds. The van der Waals surface area contributed by atoms with E-state index in [1.54, 1.807) is 25.1 Å². The molecule has 0 radical (unpaired) electrons. The number of amides is 2. The molecule has 0 saturated carbocycles. The topological polar surface area (TPSA) is 113 Å². The van der Waals surface area contributed by atoms with Crippen LogP contribution in [0.5, 0.6) is 5.75 Å². The van der Waals surface area contributed by atoms with Crippen LogP contribution in [0.2, 0.25) is 0 Å². The van der Waals surface area contributed by atoms with Gasteiger partial charge in [-0.25, -0.2) is 9.59 Å². The fraction of sp³-hybridized carbons (Fsp3) is 0.167. The molecular weight excluding hydrogens is 296 g/mol. The molecule has 1 aromatic heterocycles. The number of carboxylic acids is 1. The number of rotatable bonds is 5. The Morgan fingerprint density at radius 3 is 2.81 bits per heavy atom. The molecule has 8 nitrogen and oxygen atoms in total. The van der Waals surface area contributed by atoms with Gasteiger partial charge in [-0.2, -0.15) is 0 Å². The smallest absolute Gasteiger partial charge is 0.341 e. The van der Waals surface area contributed by atoms with Gasteiger partial charge in [-0.15, -0.1) is 10.2 Å². The van der Waals surface area contributed by atoms with Crippen molar-refractivity contribution in [3.05, 3.63) is 29.3 Å². The highest BCUT2D eigenvalue weighted by Crippen LogP contribution is 2.18. The SMILES string of the molecule is Cc1nnc(NC(=O)Nc2cccc(OCC(=O)O)c2)s1. The van der Waals surface area contributed by atoms with Gasteiger partial charge >= 0.3 is 12.0 Å². The largest absolute Gasteiger partial charge is 0.482 e. The quantitative estimate of drug-likeness (QED) is 0.778. The number of aryl methyl sites for hydroxylation is 1. The Hall–Kier alpha value is -2.68. The van der Waals surface area contributed by atoms with Crippen LogP contribution in [-0.4, -0.2) is 33.9 Å². The maximum Gasteiger partial charge on any atom is 0.341 e. The lowest BCUT2D eigenvalue weighted by molar-refractivity contribution is -0.139. The minimum absolute atomic E-state index is 0.349. The summed E-state index contributed by atoms with van der Waals surface area (Å²) < 4.78 is 5.02. The van der Waals surface area contributed by atoms with Crippen LogP contribution in [0.15, 0.2) is 24.3 Å². The minimum Gasteiger partial charge on any atom is -0.482 e. The molecule has 21 heavy (non-hydrogen) atoms. The Balaban J connectivity index is 1.94. The Morgan fingerprint density at radius 2 is 2.14 bits per heavy atom. The lowest BCUT2D eigenvalue weighted by atomic mass is 10.3. The number of carboxylic acid groups (broad SMARTS) is 1. The number of hydrogen-bond acceptors (Lipinski definition) is 6. The van der Waals surface area contributed by atoms with Crippen molar-refractivity contribution < 1.29 is 19.4 Å². The molecule has 0 bridgehead atoms. The summed E-state index contributed by atoms with van der Waals surface area (Å²) in [7, 11) is 0. The number of carbonyl (C=O) groups excluding carboxylic acids is 1. The Morgan fingerprint density at radius 1 is 1.33 bits per heavy atom. The predicted octanol–water partition coefficient (Wildman–Crippen LogP) is 1.95. The lowest BCUT2D eigenvalue weighted by Crippen LogP contribution is -2.19. The molecule has 0 unspecified atom stereocenters. The third-order valence-electron chi connectivity index (χ3n) is 2.20. The van der Waals surface area contributed by atoms with Crippen molar-refractivity contribution >= 4 is 34.2 Å². The number of nitrogens with zero attached hydrogens (tertiary/aromatic N) is 2. The minimum atomic E-state index is -1.07. The second kappa shape index (κ2) is 6.66. The zero-order valence-corrected chi connectivity index (χ0v) is 11.8. The predicted molar refractivity (Wildman–Crippen MR) is 76.9 cm³/mol. The van der Waals surface area contributed by atoms with E-state index in [4.69, 9.17) is 9.84 Å². The van der Waals surface area contributed by atoms with Gasteiger partial charge in [-0.05, 0) is 19.1 Å². The Bertz CT molecular complexity index is 658. The van der Waals surface area contributed by atoms with E-state index in [0.29, 0.717) is 16.6 Å². The number of nitrogens with one attached hydrogen (secondary N) is 2. The monoisotopic (exact) mass is 308 g/mol. The fourth-order valence-corrected chi connectivity index (χ4v) is 2.00. The van der Waals surface area contributed by atoms with Gasteiger partial charge in [0.25, 0.3) is 0 Å². The van der Waals surface area contributed by atoms with Gasteiger partial charge in [0.2, 0.25) is 5.13 Å². The number of aliphatic carboxylic acids is 1. The summed E-state index contributed by atoms with van der Waals surface area (Å²) in [5, 5.41) is 22.4. The first-order chi connectivity index (χ1) is 10.0. The first-order valence-electron chi connectivity index (χ1n) is 5.86. The van der Waals surface area contributed by atoms with Crippen molar-refractivity contribution in [2.75, 3.05) is 17.2 Å². The number of hydrogen-bond donors (Lipinski definition) is 3. The molecule has 0 atom stereocenters. The molecule has 0 aliphatic carbocycles. The molecular formula is C12H12N4O4S. The van der Waals surface area contributed by atoms with E-state index in [1.165, 1.54) is 17.4 Å². The van der Waals surface area contributed by atoms with Crippen molar-refractivity contribution in [3.63, 3.8) is 0 Å². The van der Waals surface area contributed by atoms with E-state index in [9.17, 15) is 9.59 Å². The van der Waals surface area contributed by atoms with E-state index in [0.717, 1.165) is 5.01 Å². The van der Waals surface area contributed by atoms with E-state index >= 15 is 0 Å². The highest BCUT2D eigenvalue weighted by molar-refractivity contribution is 7.15. The standard InChI is InChI=1S/C12H12N4O4S/c1-7-15-16-12(21-7)14-11(19)13-8-3-2-4-9(5-8)20-6-10(17)18/h2-5H,6H2,1H3,(H,17,18)(H2,13,14,16,19). The summed E-state index contributed by atoms with van der Waals surface area (Å²) in [6.07, 6.45) is 0. The first-order valence-corrected chi connectivity index (χ1v) is 6.67. The third kappa shape index (κ3) is 4.73. The number of carbonyl (C=O) groups is 2. The zero-order valence-electron chi connectivity index (χ0n) is 11.0. The van der Waals surface area contributed by atoms with Crippen molar-refractivity contribution in [2.24, 2.45) is 0 Å². The van der Waals surface area contributed by atoms with Crippen molar-refractivity contribution in [2.45, 2.75) is 6.92 Å². The third-order valence-corrected chi connectivity index (χ3v) is 2.95. The van der Waals surface area contributed by atoms with Gasteiger partial charge in [0.1, 0.15) is 10.8 Å². The van der Waals surface area contributed by atoms with Crippen molar-refractivity contribution in [1.82, 2.24) is 10.2 Å². The van der Waals surface area contributed by atoms with E-state index in [-0.39, 0.29) is 0 Å². The Kier molecular flexibility index (Phi) is 4.67. The molecule has 110 valence electrons. The van der Waals surface area contributed by atoms with E-state index < -0.39 is 18.6 Å². The molecule has 1 heterocycles. The average molecular weight is 308 g/mol. The molecule has 2 rings (SSSR count). The number of urea groups is 1. The highest BCUT2D eigenvalue weighted by atomic mass is 32.1. The summed E-state index contributed by atoms with van der Waals surface area (Å²) >= 11 is 1.26. The zero-order chi connectivity index (χ0) is 15.2. The Labute approximate surface area is 123 Å². The van der Waals surface area contributed by atoms with Gasteiger partial charge in [0.15, 0.2) is 6.61 Å². The fourth-order valence-electron chi connectivity index (χ4n) is 1.42. The van der Waals surface area contributed by atoms with Crippen LogP contribution in [0.4, 0.5) is 15.6 Å². The number of benzene rings is 1. The van der Waals surface area contributed by atoms with Gasteiger partial charge in [0.05, 0.1) is 0 Å². The summed E-state index contributed by atoms with van der Waals surface area (Å²) in [6.45, 7) is 1.34. The maximum absolute atomic E-state index is 11.8. The van der Waals surface area contributed by atoms with Crippen LogP contribution in [-0.2, 0) is 4.79 Å². The number of ether oxygens (including phenoxy) is 1. The molecule has 0 aliphatic rings. The van der Waals surface area contributed by atoms with Gasteiger partial charge in [-0.1, -0.05) is 17.4 Å². The summed E-state index contributed by atoms with van der Waals surface area (Å²) in [5.41, 5.74) is 0.469. The van der Waals surface area contributed by atoms with Gasteiger partial charge in [-0.3, -0.25) is 5.32 Å². The van der Waals surface area contributed by atoms with Crippen LogP contribution in [0.3, 0.4) is 0 Å². The molecule has 0 saturated heterocycles. The van der Waals surface area contributed by atoms with Gasteiger partial charge in [0, 0.05) is 11.8 Å². The summed E-state index contributed by atoms with van der Waals surface area (Å²) in [6, 6.07) is 5.94. The van der Waals surface area contributed by atoms with Gasteiger partial charge < -0.3 is 15.2 Å². The first kappa shape index (κ1) is 14.7. The normalized spacial score (nSPS) is 9.95. The lowest BCUT2D eigenvalue weighted by Gasteiger charge is -2.07. The van der Waals surface area contributed by atoms with E-state index in [2.05, 4.69) is 20.8 Å². The summed E-state index contributed by atoms with van der Waals surface area (Å²) in [4.78, 5) is 22.2. The van der Waals surface area contributed by atoms with Crippen molar-refractivity contribution in [1.29, 1.82) is 0 Å². The van der Waals surface area contributed by atoms with Crippen LogP contribution >= 0.6 is 11.3 Å². The van der Waals surface area contributed by atoms with Crippen LogP contribution in [0.1, 0.15) is 5.01 Å².